The van der Waals surface area contributed by atoms with Gasteiger partial charge >= 0.3 is 0 Å². The number of hydrogen-bond donors (Lipinski definition) is 1. The van der Waals surface area contributed by atoms with E-state index >= 15 is 0 Å². The Labute approximate surface area is 102 Å². The Morgan fingerprint density at radius 2 is 1.88 bits per heavy atom. The maximum atomic E-state index is 9.44. The van der Waals surface area contributed by atoms with Crippen LogP contribution < -0.4 is 5.73 Å². The fourth-order valence-corrected chi connectivity index (χ4v) is 1.01. The maximum Gasteiger partial charge on any atom is 0.127 e. The summed E-state index contributed by atoms with van der Waals surface area (Å²) in [6.45, 7) is 12.4. The van der Waals surface area contributed by atoms with Crippen LogP contribution in [0.1, 0.15) is 26.5 Å². The first-order valence-corrected chi connectivity index (χ1v) is 5.17. The lowest BCUT2D eigenvalue weighted by Gasteiger charge is -2.04. The summed E-state index contributed by atoms with van der Waals surface area (Å²) >= 11 is 0. The van der Waals surface area contributed by atoms with Crippen LogP contribution in [0.15, 0.2) is 52.8 Å². The average molecular weight is 233 g/mol. The highest BCUT2D eigenvalue weighted by Crippen LogP contribution is 2.16. The van der Waals surface area contributed by atoms with Crippen molar-refractivity contribution in [3.63, 3.8) is 0 Å². The molecule has 1 aromatic rings. The first-order chi connectivity index (χ1) is 7.84. The number of carbonyl (C=O) groups is 1. The van der Waals surface area contributed by atoms with Gasteiger partial charge in [-0.1, -0.05) is 13.2 Å². The summed E-state index contributed by atoms with van der Waals surface area (Å²) in [5.74, 6) is 0.921. The van der Waals surface area contributed by atoms with E-state index in [-0.39, 0.29) is 5.78 Å². The minimum absolute atomic E-state index is 0.167. The molecule has 92 valence electrons. The van der Waals surface area contributed by atoms with E-state index < -0.39 is 0 Å². The first kappa shape index (κ1) is 15.0. The molecule has 0 saturated heterocycles. The summed E-state index contributed by atoms with van der Waals surface area (Å²) < 4.78 is 5.15. The van der Waals surface area contributed by atoms with E-state index in [1.165, 1.54) is 13.8 Å². The third-order valence-corrected chi connectivity index (χ3v) is 1.64. The van der Waals surface area contributed by atoms with Gasteiger partial charge in [-0.25, -0.2) is 0 Å². The average Bonchev–Trinajstić information content (AvgIpc) is 2.64. The molecule has 0 aliphatic rings. The summed E-state index contributed by atoms with van der Waals surface area (Å²) in [6.07, 6.45) is 3.44. The van der Waals surface area contributed by atoms with Gasteiger partial charge in [-0.05, 0) is 44.6 Å². The van der Waals surface area contributed by atoms with Crippen LogP contribution >= 0.6 is 0 Å². The molecule has 0 bridgehead atoms. The number of allylic oxidation sites excluding steroid dienone is 1. The van der Waals surface area contributed by atoms with E-state index in [1.54, 1.807) is 6.26 Å². The quantitative estimate of drug-likeness (QED) is 0.815. The van der Waals surface area contributed by atoms with Crippen LogP contribution in [0.2, 0.25) is 0 Å². The highest BCUT2D eigenvalue weighted by molar-refractivity contribution is 5.72. The molecule has 0 aliphatic heterocycles. The van der Waals surface area contributed by atoms with Gasteiger partial charge in [0.1, 0.15) is 11.5 Å². The Morgan fingerprint density at radius 3 is 2.18 bits per heavy atom. The van der Waals surface area contributed by atoms with Crippen LogP contribution in [0.25, 0.3) is 6.08 Å². The van der Waals surface area contributed by atoms with Crippen LogP contribution in [0, 0.1) is 0 Å². The first-order valence-electron chi connectivity index (χ1n) is 5.17. The Hall–Kier alpha value is -2.03. The Kier molecular flexibility index (Phi) is 6.41. The molecule has 0 aromatic carbocycles. The second-order valence-corrected chi connectivity index (χ2v) is 3.79. The van der Waals surface area contributed by atoms with Crippen molar-refractivity contribution in [2.45, 2.75) is 20.8 Å². The summed E-state index contributed by atoms with van der Waals surface area (Å²) in [6, 6.07) is 3.67. The fourth-order valence-electron chi connectivity index (χ4n) is 1.01. The molecular formula is C14H19NO2. The normalized spacial score (nSPS) is 10.2. The Morgan fingerprint density at radius 1 is 1.35 bits per heavy atom. The highest BCUT2D eigenvalue weighted by Gasteiger charge is 2.01. The largest absolute Gasteiger partial charge is 0.465 e. The van der Waals surface area contributed by atoms with Crippen molar-refractivity contribution in [2.75, 3.05) is 0 Å². The molecule has 0 unspecified atom stereocenters. The predicted molar refractivity (Wildman–Crippen MR) is 71.2 cm³/mol. The zero-order valence-corrected chi connectivity index (χ0v) is 10.6. The molecule has 0 aliphatic carbocycles. The molecule has 0 fully saturated rings. The summed E-state index contributed by atoms with van der Waals surface area (Å²) in [7, 11) is 0. The van der Waals surface area contributed by atoms with Crippen molar-refractivity contribution in [3.8, 4) is 0 Å². The monoisotopic (exact) mass is 233 g/mol. The minimum atomic E-state index is 0.167. The zero-order chi connectivity index (χ0) is 13.4. The highest BCUT2D eigenvalue weighted by atomic mass is 16.3. The van der Waals surface area contributed by atoms with Gasteiger partial charge in [-0.3, -0.25) is 0 Å². The van der Waals surface area contributed by atoms with Crippen LogP contribution in [0.4, 0.5) is 0 Å². The van der Waals surface area contributed by atoms with Crippen LogP contribution in [-0.4, -0.2) is 5.78 Å². The molecule has 1 rings (SSSR count). The second-order valence-electron chi connectivity index (χ2n) is 3.79. The standard InChI is InChI=1S/C11H13NO.C3H6O/c1-8(2)11(9(3)12)7-10-5-4-6-13-10;1-3(2)4/h4-7H,1,3,12H2,2H3;1-2H3/b11-7+;. The molecule has 1 heterocycles. The number of furan rings is 1. The molecule has 17 heavy (non-hydrogen) atoms. The maximum absolute atomic E-state index is 9.44. The van der Waals surface area contributed by atoms with Gasteiger partial charge in [0.15, 0.2) is 0 Å². The van der Waals surface area contributed by atoms with Gasteiger partial charge in [0.2, 0.25) is 0 Å². The second kappa shape index (κ2) is 7.28. The van der Waals surface area contributed by atoms with Crippen molar-refractivity contribution in [1.82, 2.24) is 0 Å². The molecule has 3 nitrogen and oxygen atoms in total. The third-order valence-electron chi connectivity index (χ3n) is 1.64. The predicted octanol–water partition coefficient (Wildman–Crippen LogP) is 3.31. The molecule has 0 atom stereocenters. The lowest BCUT2D eigenvalue weighted by atomic mass is 10.1. The minimum Gasteiger partial charge on any atom is -0.465 e. The lowest BCUT2D eigenvalue weighted by molar-refractivity contribution is -0.114. The Bertz CT molecular complexity index is 405. The molecule has 0 saturated carbocycles. The number of nitrogens with two attached hydrogens (primary N) is 1. The number of carbonyl (C=O) groups excluding carboxylic acids is 1. The number of rotatable bonds is 3. The van der Waals surface area contributed by atoms with Crippen molar-refractivity contribution >= 4 is 11.9 Å². The van der Waals surface area contributed by atoms with Crippen molar-refractivity contribution in [3.05, 3.63) is 54.2 Å². The molecule has 0 amide bonds. The van der Waals surface area contributed by atoms with Gasteiger partial charge in [0.05, 0.1) is 6.26 Å². The van der Waals surface area contributed by atoms with Crippen molar-refractivity contribution in [2.24, 2.45) is 5.73 Å². The van der Waals surface area contributed by atoms with Gasteiger partial charge in [0, 0.05) is 11.3 Å². The summed E-state index contributed by atoms with van der Waals surface area (Å²) in [4.78, 5) is 9.44. The van der Waals surface area contributed by atoms with E-state index in [9.17, 15) is 4.79 Å². The van der Waals surface area contributed by atoms with Crippen LogP contribution in [0.3, 0.4) is 0 Å². The topological polar surface area (TPSA) is 56.2 Å². The van der Waals surface area contributed by atoms with Crippen molar-refractivity contribution in [1.29, 1.82) is 0 Å². The Balaban J connectivity index is 0.000000557. The third kappa shape index (κ3) is 6.95. The molecule has 0 spiro atoms. The van der Waals surface area contributed by atoms with E-state index in [1.807, 2.05) is 25.1 Å². The smallest absolute Gasteiger partial charge is 0.127 e. The van der Waals surface area contributed by atoms with Gasteiger partial charge < -0.3 is 14.9 Å². The molecular weight excluding hydrogens is 214 g/mol. The summed E-state index contributed by atoms with van der Waals surface area (Å²) in [5, 5.41) is 0. The number of hydrogen-bond acceptors (Lipinski definition) is 3. The van der Waals surface area contributed by atoms with Crippen LogP contribution in [0.5, 0.6) is 0 Å². The molecule has 2 N–H and O–H groups in total. The number of ketones is 1. The van der Waals surface area contributed by atoms with E-state index in [4.69, 9.17) is 10.2 Å². The van der Waals surface area contributed by atoms with E-state index in [2.05, 4.69) is 13.2 Å². The van der Waals surface area contributed by atoms with E-state index in [0.29, 0.717) is 5.70 Å². The molecule has 3 heteroatoms. The molecule has 0 radical (unpaired) electrons. The van der Waals surface area contributed by atoms with Gasteiger partial charge in [-0.15, -0.1) is 0 Å². The number of Topliss-reactive ketones (excluding diaryl/α,β-unsaturated/α-hetero) is 1. The summed E-state index contributed by atoms with van der Waals surface area (Å²) in [5.41, 5.74) is 7.80. The zero-order valence-electron chi connectivity index (χ0n) is 10.6. The molecule has 1 aromatic heterocycles. The fraction of sp³-hybridized carbons (Fsp3) is 0.214. The van der Waals surface area contributed by atoms with Gasteiger partial charge in [0.25, 0.3) is 0 Å². The van der Waals surface area contributed by atoms with Crippen LogP contribution in [-0.2, 0) is 4.79 Å². The van der Waals surface area contributed by atoms with E-state index in [0.717, 1.165) is 16.9 Å². The lowest BCUT2D eigenvalue weighted by Crippen LogP contribution is -1.99. The van der Waals surface area contributed by atoms with Crippen molar-refractivity contribution < 1.29 is 9.21 Å². The van der Waals surface area contributed by atoms with Gasteiger partial charge in [-0.2, -0.15) is 0 Å². The SMILES string of the molecule is C=C(C)/C(=C\c1ccco1)C(=C)N.CC(C)=O.